The van der Waals surface area contributed by atoms with Crippen LogP contribution in [0.1, 0.15) is 34.1 Å². The lowest BCUT2D eigenvalue weighted by molar-refractivity contribution is 0.335. The normalized spacial score (nSPS) is 11.6. The van der Waals surface area contributed by atoms with Crippen LogP contribution in [-0.4, -0.2) is 12.6 Å². The summed E-state index contributed by atoms with van der Waals surface area (Å²) < 4.78 is 0. The minimum absolute atomic E-state index is 0.110. The van der Waals surface area contributed by atoms with E-state index in [9.17, 15) is 0 Å². The van der Waals surface area contributed by atoms with Gasteiger partial charge in [-0.2, -0.15) is 5.26 Å². The molecule has 0 aliphatic carbocycles. The van der Waals surface area contributed by atoms with Gasteiger partial charge in [0, 0.05) is 19.0 Å². The molecule has 0 fully saturated rings. The van der Waals surface area contributed by atoms with Crippen molar-refractivity contribution in [3.8, 4) is 6.07 Å². The molecule has 0 bridgehead atoms. The van der Waals surface area contributed by atoms with Crippen molar-refractivity contribution in [2.24, 2.45) is 5.41 Å². The van der Waals surface area contributed by atoms with Gasteiger partial charge in [0.05, 0.1) is 6.07 Å². The van der Waals surface area contributed by atoms with Gasteiger partial charge in [0.25, 0.3) is 0 Å². The van der Waals surface area contributed by atoms with E-state index in [0.29, 0.717) is 12.5 Å². The first-order valence-electron chi connectivity index (χ1n) is 4.08. The van der Waals surface area contributed by atoms with E-state index in [1.807, 2.05) is 0 Å². The molecule has 0 unspecified atom stereocenters. The van der Waals surface area contributed by atoms with Crippen LogP contribution in [-0.2, 0) is 0 Å². The van der Waals surface area contributed by atoms with E-state index in [2.05, 4.69) is 39.1 Å². The van der Waals surface area contributed by atoms with Crippen LogP contribution in [0, 0.1) is 16.7 Å². The highest BCUT2D eigenvalue weighted by molar-refractivity contribution is 4.83. The molecule has 0 aromatic carbocycles. The first kappa shape index (κ1) is 10.4. The minimum Gasteiger partial charge on any atom is -0.314 e. The summed E-state index contributed by atoms with van der Waals surface area (Å²) >= 11 is 0. The zero-order chi connectivity index (χ0) is 8.91. The molecule has 2 nitrogen and oxygen atoms in total. The van der Waals surface area contributed by atoms with Crippen LogP contribution in [0.4, 0.5) is 0 Å². The molecule has 0 saturated heterocycles. The number of nitrogens with zero attached hydrogens (tertiary/aromatic N) is 1. The van der Waals surface area contributed by atoms with Crippen LogP contribution in [0.2, 0.25) is 0 Å². The fourth-order valence-corrected chi connectivity index (χ4v) is 0.757. The first-order valence-corrected chi connectivity index (χ1v) is 4.08. The van der Waals surface area contributed by atoms with Gasteiger partial charge in [0.15, 0.2) is 0 Å². The van der Waals surface area contributed by atoms with Crippen molar-refractivity contribution in [2.45, 2.75) is 40.2 Å². The quantitative estimate of drug-likeness (QED) is 0.671. The third-order valence-electron chi connectivity index (χ3n) is 1.55. The van der Waals surface area contributed by atoms with Gasteiger partial charge in [0.2, 0.25) is 0 Å². The van der Waals surface area contributed by atoms with E-state index >= 15 is 0 Å². The third kappa shape index (κ3) is 5.87. The molecule has 0 amide bonds. The fraction of sp³-hybridized carbons (Fsp3) is 0.889. The number of hydrogen-bond acceptors (Lipinski definition) is 2. The molecule has 0 radical (unpaired) electrons. The number of nitriles is 1. The molecular formula is C9H18N2. The number of nitrogens with one attached hydrogen (secondary N) is 1. The van der Waals surface area contributed by atoms with Crippen LogP contribution in [0.5, 0.6) is 0 Å². The van der Waals surface area contributed by atoms with E-state index in [1.165, 1.54) is 0 Å². The Balaban J connectivity index is 3.65. The van der Waals surface area contributed by atoms with Gasteiger partial charge in [-0.05, 0) is 5.41 Å². The fourth-order valence-electron chi connectivity index (χ4n) is 0.757. The van der Waals surface area contributed by atoms with Gasteiger partial charge in [-0.15, -0.1) is 0 Å². The van der Waals surface area contributed by atoms with Crippen molar-refractivity contribution >= 4 is 0 Å². The maximum atomic E-state index is 8.49. The monoisotopic (exact) mass is 154 g/mol. The predicted molar refractivity (Wildman–Crippen MR) is 47.1 cm³/mol. The summed E-state index contributed by atoms with van der Waals surface area (Å²) in [5.74, 6) is 0. The molecule has 11 heavy (non-hydrogen) atoms. The van der Waals surface area contributed by atoms with E-state index in [0.717, 1.165) is 6.54 Å². The summed E-state index contributed by atoms with van der Waals surface area (Å²) in [7, 11) is 0. The standard InChI is InChI=1S/C9H18N2/c1-8(2)11-7-9(3,4)5-6-10/h8,11H,5,7H2,1-4H3. The highest BCUT2D eigenvalue weighted by Crippen LogP contribution is 2.17. The van der Waals surface area contributed by atoms with Crippen molar-refractivity contribution in [1.29, 1.82) is 5.26 Å². The lowest BCUT2D eigenvalue weighted by Gasteiger charge is -2.22. The van der Waals surface area contributed by atoms with Crippen LogP contribution in [0.15, 0.2) is 0 Å². The molecule has 0 aromatic heterocycles. The van der Waals surface area contributed by atoms with Crippen molar-refractivity contribution in [1.82, 2.24) is 5.32 Å². The Labute approximate surface area is 69.6 Å². The Morgan fingerprint density at radius 3 is 2.36 bits per heavy atom. The molecule has 0 aliphatic heterocycles. The molecular weight excluding hydrogens is 136 g/mol. The highest BCUT2D eigenvalue weighted by Gasteiger charge is 2.16. The molecule has 0 saturated carbocycles. The molecule has 0 atom stereocenters. The third-order valence-corrected chi connectivity index (χ3v) is 1.55. The average molecular weight is 154 g/mol. The second-order valence-electron chi connectivity index (χ2n) is 4.03. The van der Waals surface area contributed by atoms with Gasteiger partial charge in [-0.25, -0.2) is 0 Å². The molecule has 64 valence electrons. The Morgan fingerprint density at radius 2 is 2.00 bits per heavy atom. The second kappa shape index (κ2) is 4.35. The summed E-state index contributed by atoms with van der Waals surface area (Å²) in [4.78, 5) is 0. The van der Waals surface area contributed by atoms with Gasteiger partial charge >= 0.3 is 0 Å². The lowest BCUT2D eigenvalue weighted by Crippen LogP contribution is -2.33. The predicted octanol–water partition coefficient (Wildman–Crippen LogP) is 1.92. The van der Waals surface area contributed by atoms with E-state index in [-0.39, 0.29) is 5.41 Å². The average Bonchev–Trinajstić information content (AvgIpc) is 1.84. The zero-order valence-corrected chi connectivity index (χ0v) is 7.94. The number of hydrogen-bond donors (Lipinski definition) is 1. The topological polar surface area (TPSA) is 35.8 Å². The zero-order valence-electron chi connectivity index (χ0n) is 7.94. The van der Waals surface area contributed by atoms with E-state index in [4.69, 9.17) is 5.26 Å². The highest BCUT2D eigenvalue weighted by atomic mass is 14.9. The van der Waals surface area contributed by atoms with Gasteiger partial charge in [0.1, 0.15) is 0 Å². The lowest BCUT2D eigenvalue weighted by atomic mass is 9.90. The largest absolute Gasteiger partial charge is 0.314 e. The summed E-state index contributed by atoms with van der Waals surface area (Å²) in [5, 5.41) is 11.8. The molecule has 0 heterocycles. The van der Waals surface area contributed by atoms with Gasteiger partial charge < -0.3 is 5.32 Å². The maximum Gasteiger partial charge on any atom is 0.0627 e. The summed E-state index contributed by atoms with van der Waals surface area (Å²) in [6.45, 7) is 9.35. The van der Waals surface area contributed by atoms with Crippen LogP contribution >= 0.6 is 0 Å². The van der Waals surface area contributed by atoms with Crippen molar-refractivity contribution < 1.29 is 0 Å². The Morgan fingerprint density at radius 1 is 1.45 bits per heavy atom. The molecule has 0 aliphatic rings. The van der Waals surface area contributed by atoms with Crippen LogP contribution in [0.25, 0.3) is 0 Å². The summed E-state index contributed by atoms with van der Waals surface area (Å²) in [5.41, 5.74) is 0.110. The van der Waals surface area contributed by atoms with Crippen LogP contribution < -0.4 is 5.32 Å². The molecule has 0 rings (SSSR count). The van der Waals surface area contributed by atoms with Crippen molar-refractivity contribution in [2.75, 3.05) is 6.54 Å². The molecule has 2 heteroatoms. The van der Waals surface area contributed by atoms with Crippen molar-refractivity contribution in [3.63, 3.8) is 0 Å². The Kier molecular flexibility index (Phi) is 4.14. The first-order chi connectivity index (χ1) is 4.98. The maximum absolute atomic E-state index is 8.49. The van der Waals surface area contributed by atoms with Gasteiger partial charge in [-0.1, -0.05) is 27.7 Å². The minimum atomic E-state index is 0.110. The smallest absolute Gasteiger partial charge is 0.0627 e. The second-order valence-corrected chi connectivity index (χ2v) is 4.03. The summed E-state index contributed by atoms with van der Waals surface area (Å²) in [6.07, 6.45) is 0.618. The SMILES string of the molecule is CC(C)NCC(C)(C)CC#N. The molecule has 0 aromatic rings. The summed E-state index contributed by atoms with van der Waals surface area (Å²) in [6, 6.07) is 2.70. The van der Waals surface area contributed by atoms with E-state index < -0.39 is 0 Å². The van der Waals surface area contributed by atoms with Crippen LogP contribution in [0.3, 0.4) is 0 Å². The van der Waals surface area contributed by atoms with Gasteiger partial charge in [-0.3, -0.25) is 0 Å². The Bertz CT molecular complexity index is 142. The number of rotatable bonds is 4. The molecule has 1 N–H and O–H groups in total. The van der Waals surface area contributed by atoms with E-state index in [1.54, 1.807) is 0 Å². The Hall–Kier alpha value is -0.550. The van der Waals surface area contributed by atoms with Crippen molar-refractivity contribution in [3.05, 3.63) is 0 Å². The molecule has 0 spiro atoms.